The minimum atomic E-state index is -3.43. The summed E-state index contributed by atoms with van der Waals surface area (Å²) in [6.07, 6.45) is 15.2. The standard InChI is InChI=1S/C36H64N3O11P/c1-4-5-6-7-8-9-10-11-12-13-14-15-18-21-30(42)49-31(27(2)3)34(43)37-23-19-16-17-20-25-47-33-32(50-51(45)46)28(26-40)48-35(33)39-24-22-29(41)38-36(39)44/h22,24,27-28,31-33,35,40,51H,4-21,23,25-26H2,1-3H3,(H,37,43)(H,45,46)(H,38,41,44). The van der Waals surface area contributed by atoms with Gasteiger partial charge in [-0.25, -0.2) is 4.79 Å². The summed E-state index contributed by atoms with van der Waals surface area (Å²) in [5.74, 6) is -0.794. The van der Waals surface area contributed by atoms with Crippen molar-refractivity contribution in [3.63, 3.8) is 0 Å². The highest BCUT2D eigenvalue weighted by Crippen LogP contribution is 2.37. The molecule has 1 saturated heterocycles. The number of aromatic amines is 1. The van der Waals surface area contributed by atoms with E-state index < -0.39 is 56.8 Å². The molecule has 1 amide bonds. The van der Waals surface area contributed by atoms with E-state index in [-0.39, 0.29) is 24.4 Å². The number of nitrogens with zero attached hydrogens (tertiary/aromatic N) is 1. The zero-order valence-corrected chi connectivity index (χ0v) is 32.0. The predicted molar refractivity (Wildman–Crippen MR) is 195 cm³/mol. The third-order valence-corrected chi connectivity index (χ3v) is 9.59. The molecule has 1 aliphatic rings. The zero-order valence-electron chi connectivity index (χ0n) is 31.0. The molecule has 0 aromatic carbocycles. The summed E-state index contributed by atoms with van der Waals surface area (Å²) in [7, 11) is -3.43. The van der Waals surface area contributed by atoms with Crippen molar-refractivity contribution < 1.29 is 42.9 Å². The van der Waals surface area contributed by atoms with Gasteiger partial charge in [-0.15, -0.1) is 0 Å². The molecule has 1 aromatic heterocycles. The fraction of sp³-hybridized carbons (Fsp3) is 0.833. The Bertz CT molecular complexity index is 1260. The van der Waals surface area contributed by atoms with Crippen molar-refractivity contribution in [2.45, 2.75) is 167 Å². The number of aliphatic hydroxyl groups excluding tert-OH is 1. The van der Waals surface area contributed by atoms with Gasteiger partial charge in [-0.05, 0) is 25.2 Å². The molecule has 1 aromatic rings. The molecule has 15 heteroatoms. The fourth-order valence-corrected chi connectivity index (χ4v) is 6.75. The van der Waals surface area contributed by atoms with Gasteiger partial charge in [0.2, 0.25) is 0 Å². The molecule has 1 fully saturated rings. The molecule has 6 atom stereocenters. The molecule has 0 bridgehead atoms. The van der Waals surface area contributed by atoms with Crippen LogP contribution in [0.25, 0.3) is 0 Å². The largest absolute Gasteiger partial charge is 0.452 e. The average molecular weight is 746 g/mol. The minimum Gasteiger partial charge on any atom is -0.452 e. The monoisotopic (exact) mass is 745 g/mol. The first-order valence-corrected chi connectivity index (χ1v) is 20.4. The number of aliphatic hydroxyl groups is 1. The van der Waals surface area contributed by atoms with E-state index in [0.717, 1.165) is 42.7 Å². The van der Waals surface area contributed by atoms with E-state index in [2.05, 4.69) is 17.2 Å². The van der Waals surface area contributed by atoms with Crippen LogP contribution >= 0.6 is 8.25 Å². The van der Waals surface area contributed by atoms with Gasteiger partial charge in [-0.2, -0.15) is 0 Å². The van der Waals surface area contributed by atoms with Gasteiger partial charge in [0.15, 0.2) is 12.3 Å². The lowest BCUT2D eigenvalue weighted by molar-refractivity contribution is -0.158. The van der Waals surface area contributed by atoms with Crippen LogP contribution in [0, 0.1) is 5.92 Å². The molecule has 6 unspecified atom stereocenters. The van der Waals surface area contributed by atoms with Gasteiger partial charge < -0.3 is 34.1 Å². The lowest BCUT2D eigenvalue weighted by atomic mass is 10.0. The third-order valence-electron chi connectivity index (χ3n) is 9.12. The number of esters is 1. The van der Waals surface area contributed by atoms with E-state index in [9.17, 15) is 33.7 Å². The van der Waals surface area contributed by atoms with Gasteiger partial charge in [0.25, 0.3) is 11.5 Å². The van der Waals surface area contributed by atoms with Gasteiger partial charge in [-0.3, -0.25) is 28.5 Å². The topological polar surface area (TPSA) is 195 Å². The van der Waals surface area contributed by atoms with E-state index >= 15 is 0 Å². The number of carbonyl (C=O) groups is 2. The number of hydrogen-bond acceptors (Lipinski definition) is 10. The predicted octanol–water partition coefficient (Wildman–Crippen LogP) is 5.30. The normalized spacial score (nSPS) is 20.0. The van der Waals surface area contributed by atoms with Gasteiger partial charge in [0.1, 0.15) is 18.3 Å². The summed E-state index contributed by atoms with van der Waals surface area (Å²) in [5, 5.41) is 12.6. The Morgan fingerprint density at radius 3 is 2.08 bits per heavy atom. The van der Waals surface area contributed by atoms with Gasteiger partial charge in [-0.1, -0.05) is 111 Å². The van der Waals surface area contributed by atoms with Crippen LogP contribution in [0.4, 0.5) is 0 Å². The number of rotatable bonds is 29. The van der Waals surface area contributed by atoms with E-state index in [0.29, 0.717) is 25.8 Å². The highest BCUT2D eigenvalue weighted by atomic mass is 31.1. The van der Waals surface area contributed by atoms with Crippen LogP contribution in [0.3, 0.4) is 0 Å². The van der Waals surface area contributed by atoms with Gasteiger partial charge >= 0.3 is 19.9 Å². The molecule has 0 saturated carbocycles. The van der Waals surface area contributed by atoms with Crippen LogP contribution in [0.1, 0.15) is 143 Å². The van der Waals surface area contributed by atoms with E-state index in [1.807, 2.05) is 13.8 Å². The highest BCUT2D eigenvalue weighted by molar-refractivity contribution is 7.32. The van der Waals surface area contributed by atoms with Gasteiger partial charge in [0.05, 0.1) is 6.61 Å². The number of nitrogens with one attached hydrogen (secondary N) is 2. The second kappa shape index (κ2) is 26.4. The van der Waals surface area contributed by atoms with E-state index in [1.54, 1.807) is 0 Å². The highest BCUT2D eigenvalue weighted by Gasteiger charge is 2.48. The van der Waals surface area contributed by atoms with Crippen molar-refractivity contribution in [1.82, 2.24) is 14.9 Å². The molecular weight excluding hydrogens is 681 g/mol. The number of carbonyl (C=O) groups excluding carboxylic acids is 2. The molecular formula is C36H64N3O11P. The second-order valence-corrected chi connectivity index (χ2v) is 14.6. The number of aromatic nitrogens is 2. The van der Waals surface area contributed by atoms with Crippen LogP contribution in [0.15, 0.2) is 21.9 Å². The van der Waals surface area contributed by atoms with Gasteiger partial charge in [0, 0.05) is 31.8 Å². The van der Waals surface area contributed by atoms with Crippen molar-refractivity contribution in [3.8, 4) is 0 Å². The molecule has 0 aliphatic carbocycles. The van der Waals surface area contributed by atoms with Crippen molar-refractivity contribution in [2.24, 2.45) is 5.92 Å². The van der Waals surface area contributed by atoms with Crippen molar-refractivity contribution in [3.05, 3.63) is 33.1 Å². The minimum absolute atomic E-state index is 0.156. The molecule has 4 N–H and O–H groups in total. The van der Waals surface area contributed by atoms with Crippen LogP contribution in [-0.2, 0) is 32.9 Å². The average Bonchev–Trinajstić information content (AvgIpc) is 3.42. The van der Waals surface area contributed by atoms with Crippen molar-refractivity contribution in [2.75, 3.05) is 19.8 Å². The van der Waals surface area contributed by atoms with Crippen LogP contribution in [0.5, 0.6) is 0 Å². The number of hydrogen-bond donors (Lipinski definition) is 4. The first kappa shape index (κ1) is 44.8. The fourth-order valence-electron chi connectivity index (χ4n) is 6.23. The maximum absolute atomic E-state index is 12.8. The molecule has 294 valence electrons. The smallest absolute Gasteiger partial charge is 0.330 e. The Labute approximate surface area is 303 Å². The Morgan fingerprint density at radius 1 is 0.922 bits per heavy atom. The lowest BCUT2D eigenvalue weighted by Crippen LogP contribution is -2.41. The summed E-state index contributed by atoms with van der Waals surface area (Å²) in [5.41, 5.74) is -1.36. The third kappa shape index (κ3) is 17.8. The van der Waals surface area contributed by atoms with E-state index in [1.165, 1.54) is 70.4 Å². The van der Waals surface area contributed by atoms with Crippen molar-refractivity contribution >= 4 is 20.1 Å². The molecule has 1 aliphatic heterocycles. The molecule has 14 nitrogen and oxygen atoms in total. The second-order valence-electron chi connectivity index (χ2n) is 13.8. The summed E-state index contributed by atoms with van der Waals surface area (Å²) in [4.78, 5) is 60.7. The van der Waals surface area contributed by atoms with Crippen LogP contribution in [0.2, 0.25) is 0 Å². The Morgan fingerprint density at radius 2 is 1.51 bits per heavy atom. The Kier molecular flexibility index (Phi) is 23.2. The van der Waals surface area contributed by atoms with Crippen LogP contribution < -0.4 is 16.6 Å². The SMILES string of the molecule is CCCCCCCCCCCCCCCC(=O)OC(C(=O)NCCCCCCOC1C(O[PH](=O)O)C(CO)OC1n1ccc(=O)[nH]c1=O)C(C)C. The summed E-state index contributed by atoms with van der Waals surface area (Å²) in [6.45, 7) is 6.03. The lowest BCUT2D eigenvalue weighted by Gasteiger charge is -2.24. The Hall–Kier alpha value is -2.35. The molecule has 0 radical (unpaired) electrons. The maximum Gasteiger partial charge on any atom is 0.330 e. The Balaban J connectivity index is 1.63. The van der Waals surface area contributed by atoms with Crippen LogP contribution in [-0.4, -0.2) is 75.6 Å². The molecule has 51 heavy (non-hydrogen) atoms. The molecule has 0 spiro atoms. The summed E-state index contributed by atoms with van der Waals surface area (Å²) < 4.78 is 35.0. The molecule has 2 heterocycles. The summed E-state index contributed by atoms with van der Waals surface area (Å²) >= 11 is 0. The number of ether oxygens (including phenoxy) is 3. The first-order valence-electron chi connectivity index (χ1n) is 19.1. The molecule has 2 rings (SSSR count). The quantitative estimate of drug-likeness (QED) is 0.0472. The first-order chi connectivity index (χ1) is 24.6. The number of H-pyrrole nitrogens is 1. The van der Waals surface area contributed by atoms with E-state index in [4.69, 9.17) is 18.7 Å². The zero-order chi connectivity index (χ0) is 37.4. The summed E-state index contributed by atoms with van der Waals surface area (Å²) in [6, 6.07) is 1.13. The van der Waals surface area contributed by atoms with Crippen molar-refractivity contribution in [1.29, 1.82) is 0 Å². The number of amides is 1. The maximum atomic E-state index is 12.8. The number of unbranched alkanes of at least 4 members (excludes halogenated alkanes) is 15.